The SMILES string of the molecule is CCCCCC[C@H](C)OC(=O)c1ccc(OC(=O)c2ccc(-c3ccc(OCCCCCCCCCCCOC(=O)C4CC(C(=O)OCCCCCCCCCCCOc5ccc(-c6ccc(C(=O)Oc7ccc(C(=O)O[C@@H](C)CCCCCC)cc7)cc6)cc5)CC(C(=O)OCCCCCCCCCCCOc5ccc(-c6ccc(C(=O)Oc7ccc(C(=O)O[C@@H](C)CCCCCC)cc7)cc6)cc5)C4)cc3)cc2)cc1. The Morgan fingerprint density at radius 2 is 0.374 bits per heavy atom. The Balaban J connectivity index is 0.564. The van der Waals surface area contributed by atoms with Gasteiger partial charge in [-0.2, -0.15) is 0 Å². The summed E-state index contributed by atoms with van der Waals surface area (Å²) in [6, 6.07) is 65.0. The van der Waals surface area contributed by atoms with E-state index in [9.17, 15) is 43.2 Å². The minimum Gasteiger partial charge on any atom is -0.494 e. The van der Waals surface area contributed by atoms with Gasteiger partial charge < -0.3 is 56.8 Å². The molecule has 792 valence electrons. The van der Waals surface area contributed by atoms with Crippen LogP contribution in [0.4, 0.5) is 0 Å². The molecule has 21 nitrogen and oxygen atoms in total. The molecule has 9 aromatic rings. The van der Waals surface area contributed by atoms with Gasteiger partial charge in [0.05, 0.1) is 109 Å². The van der Waals surface area contributed by atoms with E-state index < -0.39 is 53.6 Å². The predicted molar refractivity (Wildman–Crippen MR) is 579 cm³/mol. The van der Waals surface area contributed by atoms with Crippen LogP contribution in [0.5, 0.6) is 34.5 Å². The van der Waals surface area contributed by atoms with Gasteiger partial charge >= 0.3 is 53.7 Å². The molecule has 0 spiro atoms. The lowest BCUT2D eigenvalue weighted by atomic mass is 9.75. The van der Waals surface area contributed by atoms with E-state index in [0.717, 1.165) is 301 Å². The van der Waals surface area contributed by atoms with Gasteiger partial charge in [-0.15, -0.1) is 0 Å². The maximum Gasteiger partial charge on any atom is 0.343 e. The van der Waals surface area contributed by atoms with Gasteiger partial charge in [0.1, 0.15) is 34.5 Å². The van der Waals surface area contributed by atoms with Crippen LogP contribution in [-0.4, -0.2) is 112 Å². The third-order valence-electron chi connectivity index (χ3n) is 27.3. The van der Waals surface area contributed by atoms with Crippen LogP contribution in [0, 0.1) is 17.8 Å². The Morgan fingerprint density at radius 3 is 0.585 bits per heavy atom. The van der Waals surface area contributed by atoms with Crippen LogP contribution in [0.3, 0.4) is 0 Å². The Bertz CT molecular complexity index is 4760. The van der Waals surface area contributed by atoms with Crippen LogP contribution in [0.2, 0.25) is 0 Å². The molecule has 0 amide bonds. The lowest BCUT2D eigenvalue weighted by Crippen LogP contribution is -2.37. The van der Waals surface area contributed by atoms with Crippen LogP contribution >= 0.6 is 0 Å². The Morgan fingerprint density at radius 1 is 0.204 bits per heavy atom. The Kier molecular flexibility index (Phi) is 54.1. The fourth-order valence-electron chi connectivity index (χ4n) is 18.3. The average molecular weight is 2010 g/mol. The zero-order valence-corrected chi connectivity index (χ0v) is 88.4. The minimum absolute atomic E-state index is 0.166. The number of esters is 9. The van der Waals surface area contributed by atoms with Gasteiger partial charge in [0.25, 0.3) is 0 Å². The van der Waals surface area contributed by atoms with Crippen LogP contribution < -0.4 is 28.4 Å². The van der Waals surface area contributed by atoms with Gasteiger partial charge in [0, 0.05) is 0 Å². The van der Waals surface area contributed by atoms with Gasteiger partial charge in [-0.3, -0.25) is 14.4 Å². The quantitative estimate of drug-likeness (QED) is 0.0148. The molecular formula is C126H162O21. The van der Waals surface area contributed by atoms with E-state index in [4.69, 9.17) is 56.8 Å². The smallest absolute Gasteiger partial charge is 0.343 e. The highest BCUT2D eigenvalue weighted by Gasteiger charge is 2.41. The summed E-state index contributed by atoms with van der Waals surface area (Å²) >= 11 is 0. The monoisotopic (exact) mass is 2010 g/mol. The number of rotatable bonds is 72. The number of benzene rings is 9. The van der Waals surface area contributed by atoms with Crippen molar-refractivity contribution in [3.05, 3.63) is 252 Å². The molecule has 0 aliphatic heterocycles. The summed E-state index contributed by atoms with van der Waals surface area (Å²) in [6.45, 7) is 15.0. The van der Waals surface area contributed by atoms with Crippen LogP contribution in [0.25, 0.3) is 33.4 Å². The van der Waals surface area contributed by atoms with E-state index in [2.05, 4.69) is 20.8 Å². The number of ether oxygens (including phenoxy) is 12. The van der Waals surface area contributed by atoms with Gasteiger partial charge in [-0.1, -0.05) is 286 Å². The topological polar surface area (TPSA) is 264 Å². The fraction of sp³-hybridized carbons (Fsp3) is 0.500. The van der Waals surface area contributed by atoms with E-state index in [1.54, 1.807) is 109 Å². The molecule has 0 aromatic heterocycles. The van der Waals surface area contributed by atoms with Crippen molar-refractivity contribution < 1.29 is 100.0 Å². The molecule has 0 unspecified atom stereocenters. The molecule has 147 heavy (non-hydrogen) atoms. The van der Waals surface area contributed by atoms with Crippen molar-refractivity contribution >= 4 is 53.7 Å². The molecule has 0 heterocycles. The second-order valence-corrected chi connectivity index (χ2v) is 39.6. The maximum absolute atomic E-state index is 13.8. The van der Waals surface area contributed by atoms with Crippen molar-refractivity contribution in [3.63, 3.8) is 0 Å². The van der Waals surface area contributed by atoms with Gasteiger partial charge in [-0.05, 0) is 296 Å². The molecular weight excluding hydrogens is 1850 g/mol. The first-order valence-electron chi connectivity index (χ1n) is 55.4. The predicted octanol–water partition coefficient (Wildman–Crippen LogP) is 31.6. The van der Waals surface area contributed by atoms with E-state index in [1.165, 1.54) is 19.3 Å². The molecule has 1 aliphatic carbocycles. The summed E-state index contributed by atoms with van der Waals surface area (Å²) < 4.78 is 69.6. The summed E-state index contributed by atoms with van der Waals surface area (Å²) in [6.07, 6.45) is 44.0. The average Bonchev–Trinajstić information content (AvgIpc) is 0.822. The first-order chi connectivity index (χ1) is 71.8. The second-order valence-electron chi connectivity index (χ2n) is 39.6. The number of carbonyl (C=O) groups excluding carboxylic acids is 9. The standard InChI is InChI=1S/C126H162O21/c1-7-10-13-37-46-94(4)142-121(130)106-67-79-115(80-68-106)145-124(133)103-55-49-97(50-56-103)100-61-73-112(74-62-100)136-85-40-31-25-19-16-22-28-34-43-88-139-118(127)109-91-110(119(128)140-89-44-35-29-23-17-20-26-32-41-86-137-113-75-63-101(64-76-113)98-51-57-104(58-52-98)125(134)146-116-81-69-107(70-82-116)122(131)143-95(5)47-38-14-11-8-2)93-111(92-109)120(129)141-90-45-36-30-24-18-21-27-33-42-87-138-114-77-65-102(66-78-114)99-53-59-105(60-54-99)126(135)147-117-83-71-108(72-84-117)123(132)144-96(6)48-39-15-12-9-3/h49-84,94-96,109-111H,7-48,85-93H2,1-6H3/t94-,95-,96-,109?,110?,111?/m0/s1. The van der Waals surface area contributed by atoms with Crippen molar-refractivity contribution in [2.75, 3.05) is 39.6 Å². The number of hydrogen-bond acceptors (Lipinski definition) is 21. The molecule has 0 radical (unpaired) electrons. The highest BCUT2D eigenvalue weighted by Crippen LogP contribution is 2.38. The summed E-state index contributed by atoms with van der Waals surface area (Å²) in [5, 5.41) is 0. The molecule has 0 bridgehead atoms. The number of carbonyl (C=O) groups is 9. The lowest BCUT2D eigenvalue weighted by Gasteiger charge is -2.31. The summed E-state index contributed by atoms with van der Waals surface area (Å²) in [7, 11) is 0. The van der Waals surface area contributed by atoms with Crippen LogP contribution in [-0.2, 0) is 42.8 Å². The normalized spacial score (nSPS) is 13.9. The third kappa shape index (κ3) is 44.7. The lowest BCUT2D eigenvalue weighted by molar-refractivity contribution is -0.161. The molecule has 10 rings (SSSR count). The summed E-state index contributed by atoms with van der Waals surface area (Å²) in [5.74, 6) is -2.12. The third-order valence-corrected chi connectivity index (χ3v) is 27.3. The van der Waals surface area contributed by atoms with Crippen molar-refractivity contribution in [2.45, 2.75) is 349 Å². The summed E-state index contributed by atoms with van der Waals surface area (Å²) in [5.41, 5.74) is 8.31. The second kappa shape index (κ2) is 68.2. The Labute approximate surface area is 874 Å². The van der Waals surface area contributed by atoms with Crippen molar-refractivity contribution in [3.8, 4) is 67.9 Å². The molecule has 1 saturated carbocycles. The van der Waals surface area contributed by atoms with E-state index in [-0.39, 0.29) is 55.5 Å². The highest BCUT2D eigenvalue weighted by atomic mass is 16.6. The molecule has 1 fully saturated rings. The van der Waals surface area contributed by atoms with Crippen molar-refractivity contribution in [1.29, 1.82) is 0 Å². The van der Waals surface area contributed by atoms with Crippen molar-refractivity contribution in [2.24, 2.45) is 17.8 Å². The Hall–Kier alpha value is -12.4. The van der Waals surface area contributed by atoms with E-state index in [0.29, 0.717) is 90.3 Å². The first kappa shape index (κ1) is 117. The van der Waals surface area contributed by atoms with Gasteiger partial charge in [0.15, 0.2) is 0 Å². The number of hydrogen-bond donors (Lipinski definition) is 0. The summed E-state index contributed by atoms with van der Waals surface area (Å²) in [4.78, 5) is 119. The molecule has 21 heteroatoms. The number of unbranched alkanes of at least 4 members (excludes halogenated alkanes) is 33. The van der Waals surface area contributed by atoms with E-state index >= 15 is 0 Å². The maximum atomic E-state index is 13.8. The molecule has 3 atom stereocenters. The zero-order chi connectivity index (χ0) is 104. The molecule has 0 saturated heterocycles. The molecule has 0 N–H and O–H groups in total. The largest absolute Gasteiger partial charge is 0.494 e. The highest BCUT2D eigenvalue weighted by molar-refractivity contribution is 5.95. The first-order valence-corrected chi connectivity index (χ1v) is 55.4. The van der Waals surface area contributed by atoms with Gasteiger partial charge in [0.2, 0.25) is 0 Å². The van der Waals surface area contributed by atoms with Gasteiger partial charge in [-0.25, -0.2) is 28.8 Å². The van der Waals surface area contributed by atoms with E-state index in [1.807, 2.05) is 130 Å². The minimum atomic E-state index is -0.607. The van der Waals surface area contributed by atoms with Crippen LogP contribution in [0.1, 0.15) is 393 Å². The fourth-order valence-corrected chi connectivity index (χ4v) is 18.3. The molecule has 1 aliphatic rings. The van der Waals surface area contributed by atoms with Crippen molar-refractivity contribution in [1.82, 2.24) is 0 Å². The molecule has 9 aromatic carbocycles. The van der Waals surface area contributed by atoms with Crippen LogP contribution in [0.15, 0.2) is 218 Å². The zero-order valence-electron chi connectivity index (χ0n) is 88.4.